The fourth-order valence-corrected chi connectivity index (χ4v) is 2.67. The Bertz CT molecular complexity index is 845. The van der Waals surface area contributed by atoms with Gasteiger partial charge in [-0.1, -0.05) is 18.2 Å². The van der Waals surface area contributed by atoms with Gasteiger partial charge in [0.05, 0.1) is 26.4 Å². The minimum absolute atomic E-state index is 0.0250. The Labute approximate surface area is 156 Å². The summed E-state index contributed by atoms with van der Waals surface area (Å²) in [6.45, 7) is 0.0760. The van der Waals surface area contributed by atoms with Crippen LogP contribution in [0.2, 0.25) is 0 Å². The second-order valence-electron chi connectivity index (χ2n) is 5.62. The molecule has 0 amide bonds. The van der Waals surface area contributed by atoms with E-state index in [0.29, 0.717) is 11.4 Å². The summed E-state index contributed by atoms with van der Waals surface area (Å²) < 4.78 is 20.8. The third-order valence-electron chi connectivity index (χ3n) is 3.96. The number of hydrogen-bond donors (Lipinski definition) is 0. The number of rotatable bonds is 5. The zero-order valence-electron chi connectivity index (χ0n) is 15.0. The van der Waals surface area contributed by atoms with Gasteiger partial charge in [-0.15, -0.1) is 0 Å². The van der Waals surface area contributed by atoms with Crippen LogP contribution in [0.1, 0.15) is 0 Å². The van der Waals surface area contributed by atoms with Crippen molar-refractivity contribution in [1.82, 2.24) is 0 Å². The largest absolute Gasteiger partial charge is 0.466 e. The second-order valence-corrected chi connectivity index (χ2v) is 5.62. The van der Waals surface area contributed by atoms with Gasteiger partial charge in [0, 0.05) is 5.69 Å². The summed E-state index contributed by atoms with van der Waals surface area (Å²) in [6.07, 6.45) is 0. The van der Waals surface area contributed by atoms with Crippen molar-refractivity contribution in [2.45, 2.75) is 0 Å². The van der Waals surface area contributed by atoms with Gasteiger partial charge in [0.2, 0.25) is 0 Å². The molecule has 1 heterocycles. The number of para-hydroxylation sites is 1. The van der Waals surface area contributed by atoms with Gasteiger partial charge in [-0.25, -0.2) is 9.59 Å². The number of methoxy groups -OCH3 is 2. The molecule has 0 saturated heterocycles. The third-order valence-corrected chi connectivity index (χ3v) is 3.96. The molecule has 27 heavy (non-hydrogen) atoms. The standard InChI is InChI=1S/C20H19NO6/c1-24-19(22)17-12-26-13-21(18(17)20(23)25-2)14-8-10-16(11-9-14)27-15-6-4-3-5-7-15/h3-11H,12-13H2,1-2H3. The molecule has 0 saturated carbocycles. The maximum atomic E-state index is 12.3. The first-order valence-corrected chi connectivity index (χ1v) is 8.22. The number of nitrogens with zero attached hydrogens (tertiary/aromatic N) is 1. The molecule has 2 aromatic carbocycles. The van der Waals surface area contributed by atoms with E-state index in [4.69, 9.17) is 18.9 Å². The van der Waals surface area contributed by atoms with Gasteiger partial charge in [-0.05, 0) is 36.4 Å². The number of esters is 2. The van der Waals surface area contributed by atoms with Crippen LogP contribution in [0.15, 0.2) is 65.9 Å². The number of anilines is 1. The molecule has 0 fully saturated rings. The molecule has 0 N–H and O–H groups in total. The smallest absolute Gasteiger partial charge is 0.355 e. The molecule has 0 aromatic heterocycles. The summed E-state index contributed by atoms with van der Waals surface area (Å²) in [5.41, 5.74) is 0.865. The highest BCUT2D eigenvalue weighted by Gasteiger charge is 2.32. The maximum Gasteiger partial charge on any atom is 0.355 e. The molecule has 0 bridgehead atoms. The lowest BCUT2D eigenvalue weighted by atomic mass is 10.1. The van der Waals surface area contributed by atoms with Crippen molar-refractivity contribution in [3.63, 3.8) is 0 Å². The molecule has 0 atom stereocenters. The van der Waals surface area contributed by atoms with Gasteiger partial charge in [0.25, 0.3) is 0 Å². The Morgan fingerprint density at radius 2 is 1.52 bits per heavy atom. The lowest BCUT2D eigenvalue weighted by Crippen LogP contribution is -2.38. The van der Waals surface area contributed by atoms with Crippen LogP contribution < -0.4 is 9.64 Å². The van der Waals surface area contributed by atoms with Crippen molar-refractivity contribution in [1.29, 1.82) is 0 Å². The van der Waals surface area contributed by atoms with E-state index in [1.165, 1.54) is 14.2 Å². The van der Waals surface area contributed by atoms with E-state index in [-0.39, 0.29) is 24.6 Å². The normalized spacial score (nSPS) is 13.9. The van der Waals surface area contributed by atoms with Gasteiger partial charge < -0.3 is 23.8 Å². The van der Waals surface area contributed by atoms with Gasteiger partial charge in [0.15, 0.2) is 0 Å². The molecular weight excluding hydrogens is 350 g/mol. The van der Waals surface area contributed by atoms with Gasteiger partial charge >= 0.3 is 11.9 Å². The summed E-state index contributed by atoms with van der Waals surface area (Å²) in [5.74, 6) is 0.0850. The Kier molecular flexibility index (Phi) is 5.73. The summed E-state index contributed by atoms with van der Waals surface area (Å²) in [7, 11) is 2.51. The Morgan fingerprint density at radius 3 is 2.15 bits per heavy atom. The van der Waals surface area contributed by atoms with Crippen molar-refractivity contribution in [2.24, 2.45) is 0 Å². The fraction of sp³-hybridized carbons (Fsp3) is 0.200. The van der Waals surface area contributed by atoms with Gasteiger partial charge in [0.1, 0.15) is 23.9 Å². The fourth-order valence-electron chi connectivity index (χ4n) is 2.67. The highest BCUT2D eigenvalue weighted by Crippen LogP contribution is 2.29. The Hall–Kier alpha value is -3.32. The van der Waals surface area contributed by atoms with E-state index >= 15 is 0 Å². The van der Waals surface area contributed by atoms with Crippen molar-refractivity contribution in [2.75, 3.05) is 32.5 Å². The quantitative estimate of drug-likeness (QED) is 0.750. The summed E-state index contributed by atoms with van der Waals surface area (Å²) >= 11 is 0. The number of carbonyl (C=O) groups is 2. The number of hydrogen-bond acceptors (Lipinski definition) is 7. The number of benzene rings is 2. The topological polar surface area (TPSA) is 74.3 Å². The van der Waals surface area contributed by atoms with E-state index in [0.717, 1.165) is 5.75 Å². The molecule has 2 aromatic rings. The maximum absolute atomic E-state index is 12.3. The predicted molar refractivity (Wildman–Crippen MR) is 97.3 cm³/mol. The average molecular weight is 369 g/mol. The second kappa shape index (κ2) is 8.37. The van der Waals surface area contributed by atoms with Crippen LogP contribution in [0.25, 0.3) is 0 Å². The lowest BCUT2D eigenvalue weighted by Gasteiger charge is -2.31. The van der Waals surface area contributed by atoms with Crippen LogP contribution in [-0.2, 0) is 23.8 Å². The number of carbonyl (C=O) groups excluding carboxylic acids is 2. The molecule has 3 rings (SSSR count). The predicted octanol–water partition coefficient (Wildman–Crippen LogP) is 2.87. The first-order valence-electron chi connectivity index (χ1n) is 8.22. The van der Waals surface area contributed by atoms with Crippen LogP contribution in [-0.4, -0.2) is 39.5 Å². The summed E-state index contributed by atoms with van der Waals surface area (Å²) in [5, 5.41) is 0. The molecule has 0 unspecified atom stereocenters. The van der Waals surface area contributed by atoms with Crippen molar-refractivity contribution in [3.8, 4) is 11.5 Å². The monoisotopic (exact) mass is 369 g/mol. The molecule has 7 nitrogen and oxygen atoms in total. The van der Waals surface area contributed by atoms with E-state index in [1.807, 2.05) is 30.3 Å². The van der Waals surface area contributed by atoms with E-state index in [1.54, 1.807) is 29.2 Å². The van der Waals surface area contributed by atoms with Crippen molar-refractivity contribution >= 4 is 17.6 Å². The van der Waals surface area contributed by atoms with Gasteiger partial charge in [-0.3, -0.25) is 0 Å². The van der Waals surface area contributed by atoms with Crippen LogP contribution in [0.3, 0.4) is 0 Å². The zero-order valence-corrected chi connectivity index (χ0v) is 15.0. The average Bonchev–Trinajstić information content (AvgIpc) is 2.73. The number of ether oxygens (including phenoxy) is 4. The summed E-state index contributed by atoms with van der Waals surface area (Å²) in [4.78, 5) is 25.9. The minimum atomic E-state index is -0.636. The van der Waals surface area contributed by atoms with E-state index in [2.05, 4.69) is 0 Å². The van der Waals surface area contributed by atoms with Crippen LogP contribution in [0.5, 0.6) is 11.5 Å². The highest BCUT2D eigenvalue weighted by atomic mass is 16.5. The third kappa shape index (κ3) is 4.09. The molecule has 7 heteroatoms. The Morgan fingerprint density at radius 1 is 0.889 bits per heavy atom. The first-order chi connectivity index (χ1) is 13.1. The van der Waals surface area contributed by atoms with E-state index in [9.17, 15) is 9.59 Å². The van der Waals surface area contributed by atoms with Crippen LogP contribution in [0.4, 0.5) is 5.69 Å². The van der Waals surface area contributed by atoms with Crippen molar-refractivity contribution < 1.29 is 28.5 Å². The van der Waals surface area contributed by atoms with Crippen LogP contribution in [0, 0.1) is 0 Å². The molecule has 0 aliphatic carbocycles. The van der Waals surface area contributed by atoms with E-state index < -0.39 is 11.9 Å². The molecular formula is C20H19NO6. The zero-order chi connectivity index (χ0) is 19.2. The van der Waals surface area contributed by atoms with Gasteiger partial charge in [-0.2, -0.15) is 0 Å². The molecule has 1 aliphatic rings. The Balaban J connectivity index is 1.89. The SMILES string of the molecule is COC(=O)C1=C(C(=O)OC)N(c2ccc(Oc3ccccc3)cc2)COC1. The summed E-state index contributed by atoms with van der Waals surface area (Å²) in [6, 6.07) is 16.5. The molecule has 0 spiro atoms. The highest BCUT2D eigenvalue weighted by molar-refractivity contribution is 6.03. The molecule has 0 radical (unpaired) electrons. The first kappa shape index (κ1) is 18.5. The molecule has 1 aliphatic heterocycles. The minimum Gasteiger partial charge on any atom is -0.466 e. The lowest BCUT2D eigenvalue weighted by molar-refractivity contribution is -0.140. The van der Waals surface area contributed by atoms with Crippen LogP contribution >= 0.6 is 0 Å². The van der Waals surface area contributed by atoms with Crippen molar-refractivity contribution in [3.05, 3.63) is 65.9 Å². The molecule has 140 valence electrons.